The molecule has 0 saturated carbocycles. The molecule has 1 saturated heterocycles. The molecule has 2 aromatic rings. The third-order valence-electron chi connectivity index (χ3n) is 5.34. The van der Waals surface area contributed by atoms with Crippen molar-refractivity contribution in [1.29, 1.82) is 0 Å². The number of nitrogens with zero attached hydrogens (tertiary/aromatic N) is 2. The Hall–Kier alpha value is -1.03. The minimum absolute atomic E-state index is 0. The van der Waals surface area contributed by atoms with Gasteiger partial charge in [-0.2, -0.15) is 11.8 Å². The third-order valence-corrected chi connectivity index (χ3v) is 6.33. The molecule has 0 spiro atoms. The number of fused-ring (bicyclic) bond motifs is 1. The van der Waals surface area contributed by atoms with E-state index in [0.717, 1.165) is 56.7 Å². The van der Waals surface area contributed by atoms with Crippen LogP contribution in [0.4, 0.5) is 0 Å². The lowest BCUT2D eigenvalue weighted by atomic mass is 10.1. The normalized spacial score (nSPS) is 16.5. The molecule has 1 atom stereocenters. The van der Waals surface area contributed by atoms with Gasteiger partial charge in [-0.25, -0.2) is 0 Å². The predicted molar refractivity (Wildman–Crippen MR) is 144 cm³/mol. The van der Waals surface area contributed by atoms with E-state index in [1.807, 2.05) is 11.8 Å². The molecule has 0 bridgehead atoms. The van der Waals surface area contributed by atoms with Gasteiger partial charge >= 0.3 is 0 Å². The summed E-state index contributed by atoms with van der Waals surface area (Å²) in [5.41, 5.74) is 1.41. The first-order valence-electron chi connectivity index (χ1n) is 11.0. The van der Waals surface area contributed by atoms with Crippen molar-refractivity contribution in [2.45, 2.75) is 19.1 Å². The summed E-state index contributed by atoms with van der Waals surface area (Å²) in [6.07, 6.45) is 1.16. The first kappa shape index (κ1) is 26.2. The van der Waals surface area contributed by atoms with Gasteiger partial charge in [0.25, 0.3) is 0 Å². The van der Waals surface area contributed by atoms with Gasteiger partial charge in [0, 0.05) is 44.2 Å². The Morgan fingerprint density at radius 2 is 2.03 bits per heavy atom. The monoisotopic (exact) mass is 557 g/mol. The highest BCUT2D eigenvalue weighted by Crippen LogP contribution is 2.22. The number of halogens is 1. The summed E-state index contributed by atoms with van der Waals surface area (Å²) >= 11 is 1.95. The Morgan fingerprint density at radius 3 is 2.87 bits per heavy atom. The summed E-state index contributed by atoms with van der Waals surface area (Å²) in [5, 5.41) is 6.14. The predicted octanol–water partition coefficient (Wildman–Crippen LogP) is 4.64. The number of guanidine groups is 1. The molecule has 7 heteroatoms. The molecule has 0 amide bonds. The highest BCUT2D eigenvalue weighted by Gasteiger charge is 2.24. The number of rotatable bonds is 11. The van der Waals surface area contributed by atoms with Gasteiger partial charge in [-0.3, -0.25) is 4.99 Å². The van der Waals surface area contributed by atoms with E-state index in [-0.39, 0.29) is 24.0 Å². The van der Waals surface area contributed by atoms with Crippen LogP contribution in [-0.4, -0.2) is 69.7 Å². The van der Waals surface area contributed by atoms with E-state index in [2.05, 4.69) is 59.6 Å². The van der Waals surface area contributed by atoms with Crippen molar-refractivity contribution < 1.29 is 9.47 Å². The maximum atomic E-state index is 5.72. The van der Waals surface area contributed by atoms with Crippen LogP contribution in [-0.2, 0) is 15.2 Å². The van der Waals surface area contributed by atoms with E-state index in [9.17, 15) is 0 Å². The van der Waals surface area contributed by atoms with Crippen LogP contribution in [0.2, 0.25) is 0 Å². The number of thioether (sulfide) groups is 1. The highest BCUT2D eigenvalue weighted by molar-refractivity contribution is 14.0. The van der Waals surface area contributed by atoms with Crippen molar-refractivity contribution in [1.82, 2.24) is 10.2 Å². The summed E-state index contributed by atoms with van der Waals surface area (Å²) in [5.74, 6) is 3.67. The summed E-state index contributed by atoms with van der Waals surface area (Å²) < 4.78 is 10.8. The van der Waals surface area contributed by atoms with Crippen LogP contribution in [0.5, 0.6) is 0 Å². The smallest absolute Gasteiger partial charge is 0.193 e. The molecule has 31 heavy (non-hydrogen) atoms. The fourth-order valence-electron chi connectivity index (χ4n) is 3.80. The summed E-state index contributed by atoms with van der Waals surface area (Å²) in [4.78, 5) is 7.26. The number of hydrogen-bond donors (Lipinski definition) is 1. The van der Waals surface area contributed by atoms with Crippen LogP contribution < -0.4 is 5.32 Å². The topological polar surface area (TPSA) is 46.1 Å². The van der Waals surface area contributed by atoms with Gasteiger partial charge in [-0.05, 0) is 29.7 Å². The van der Waals surface area contributed by atoms with Gasteiger partial charge in [-0.1, -0.05) is 42.5 Å². The first-order chi connectivity index (χ1) is 14.8. The molecule has 0 radical (unpaired) electrons. The number of likely N-dealkylation sites (tertiary alicyclic amines) is 1. The van der Waals surface area contributed by atoms with Gasteiger partial charge in [0.1, 0.15) is 0 Å². The van der Waals surface area contributed by atoms with Gasteiger partial charge in [0.2, 0.25) is 0 Å². The third kappa shape index (κ3) is 8.44. The molecule has 1 aliphatic rings. The average molecular weight is 558 g/mol. The lowest BCUT2D eigenvalue weighted by Gasteiger charge is -2.21. The maximum Gasteiger partial charge on any atom is 0.193 e. The van der Waals surface area contributed by atoms with Crippen LogP contribution in [0.3, 0.4) is 0 Å². The van der Waals surface area contributed by atoms with E-state index in [1.165, 1.54) is 16.3 Å². The number of methoxy groups -OCH3 is 1. The second-order valence-corrected chi connectivity index (χ2v) is 8.70. The molecule has 2 aromatic carbocycles. The average Bonchev–Trinajstić information content (AvgIpc) is 3.25. The SMILES string of the molecule is CCNC(=NCCSCc1cccc2ccccc12)N1CCC(COCCOC)C1.I. The zero-order valence-electron chi connectivity index (χ0n) is 18.7. The molecule has 1 aliphatic heterocycles. The maximum absolute atomic E-state index is 5.72. The molecule has 1 heterocycles. The Balaban J connectivity index is 0.00000341. The molecule has 5 nitrogen and oxygen atoms in total. The van der Waals surface area contributed by atoms with E-state index < -0.39 is 0 Å². The summed E-state index contributed by atoms with van der Waals surface area (Å²) in [6.45, 7) is 8.07. The lowest BCUT2D eigenvalue weighted by molar-refractivity contribution is 0.0536. The highest BCUT2D eigenvalue weighted by atomic mass is 127. The van der Waals surface area contributed by atoms with Crippen molar-refractivity contribution in [3.63, 3.8) is 0 Å². The Kier molecular flexibility index (Phi) is 12.6. The van der Waals surface area contributed by atoms with Crippen LogP contribution in [0.25, 0.3) is 10.8 Å². The van der Waals surface area contributed by atoms with E-state index >= 15 is 0 Å². The quantitative estimate of drug-likeness (QED) is 0.189. The second-order valence-electron chi connectivity index (χ2n) is 7.59. The molecule has 172 valence electrons. The van der Waals surface area contributed by atoms with Gasteiger partial charge < -0.3 is 19.7 Å². The van der Waals surface area contributed by atoms with Crippen LogP contribution in [0.15, 0.2) is 47.5 Å². The van der Waals surface area contributed by atoms with Crippen molar-refractivity contribution in [3.8, 4) is 0 Å². The van der Waals surface area contributed by atoms with Crippen molar-refractivity contribution >= 4 is 52.5 Å². The Bertz CT molecular complexity index is 800. The summed E-state index contributed by atoms with van der Waals surface area (Å²) in [6, 6.07) is 15.2. The zero-order valence-corrected chi connectivity index (χ0v) is 21.9. The number of nitrogens with one attached hydrogen (secondary N) is 1. The van der Waals surface area contributed by atoms with E-state index in [4.69, 9.17) is 14.5 Å². The fraction of sp³-hybridized carbons (Fsp3) is 0.542. The zero-order chi connectivity index (χ0) is 21.0. The minimum Gasteiger partial charge on any atom is -0.382 e. The van der Waals surface area contributed by atoms with Gasteiger partial charge in [0.05, 0.1) is 26.4 Å². The van der Waals surface area contributed by atoms with Crippen LogP contribution in [0, 0.1) is 5.92 Å². The second kappa shape index (κ2) is 14.9. The number of benzene rings is 2. The van der Waals surface area contributed by atoms with Crippen molar-refractivity contribution in [2.24, 2.45) is 10.9 Å². The van der Waals surface area contributed by atoms with Crippen LogP contribution in [0.1, 0.15) is 18.9 Å². The molecule has 0 aromatic heterocycles. The van der Waals surface area contributed by atoms with E-state index in [1.54, 1.807) is 7.11 Å². The fourth-order valence-corrected chi connectivity index (χ4v) is 4.63. The lowest BCUT2D eigenvalue weighted by Crippen LogP contribution is -2.40. The summed E-state index contributed by atoms with van der Waals surface area (Å²) in [7, 11) is 1.71. The standard InChI is InChI=1S/C24H35N3O2S.HI/c1-3-25-24(27-13-11-20(17-27)18-29-15-14-28-2)26-12-16-30-19-22-9-6-8-21-7-4-5-10-23(21)22;/h4-10,20H,3,11-19H2,1-2H3,(H,25,26);1H. The molecular weight excluding hydrogens is 521 g/mol. The van der Waals surface area contributed by atoms with Crippen LogP contribution >= 0.6 is 35.7 Å². The number of hydrogen-bond acceptors (Lipinski definition) is 4. The van der Waals surface area contributed by atoms with Crippen molar-refractivity contribution in [2.75, 3.05) is 58.9 Å². The molecule has 1 unspecified atom stereocenters. The molecular formula is C24H36IN3O2S. The van der Waals surface area contributed by atoms with Crippen molar-refractivity contribution in [3.05, 3.63) is 48.0 Å². The Labute approximate surface area is 208 Å². The number of aliphatic imine (C=N–C) groups is 1. The largest absolute Gasteiger partial charge is 0.382 e. The number of ether oxygens (including phenoxy) is 2. The molecule has 1 fully saturated rings. The van der Waals surface area contributed by atoms with Gasteiger partial charge in [-0.15, -0.1) is 24.0 Å². The molecule has 1 N–H and O–H groups in total. The first-order valence-corrected chi connectivity index (χ1v) is 12.1. The van der Waals surface area contributed by atoms with E-state index in [0.29, 0.717) is 19.1 Å². The Morgan fingerprint density at radius 1 is 1.19 bits per heavy atom. The van der Waals surface area contributed by atoms with Gasteiger partial charge in [0.15, 0.2) is 5.96 Å². The minimum atomic E-state index is 0. The molecule has 3 rings (SSSR count). The molecule has 0 aliphatic carbocycles.